The highest BCUT2D eigenvalue weighted by atomic mass is 32.2. The quantitative estimate of drug-likeness (QED) is 0.458. The highest BCUT2D eigenvalue weighted by molar-refractivity contribution is 7.89. The Hall–Kier alpha value is -3.18. The Morgan fingerprint density at radius 2 is 1.97 bits per heavy atom. The molecule has 0 bridgehead atoms. The molecule has 11 heteroatoms. The van der Waals surface area contributed by atoms with Gasteiger partial charge in [-0.1, -0.05) is 17.3 Å². The Morgan fingerprint density at radius 1 is 1.16 bits per heavy atom. The van der Waals surface area contributed by atoms with E-state index < -0.39 is 10.0 Å². The SMILES string of the molecule is COc1cccc(CNC(=O)NCCn2nnc3cc(S(=O)(=O)NC(C)C)ccc32)c1. The number of aromatic nitrogens is 3. The average molecular weight is 447 g/mol. The predicted molar refractivity (Wildman–Crippen MR) is 116 cm³/mol. The molecule has 1 heterocycles. The standard InChI is InChI=1S/C20H26N6O4S/c1-14(2)24-31(28,29)17-7-8-19-18(12-17)23-25-26(19)10-9-21-20(27)22-13-15-5-4-6-16(11-15)30-3/h4-8,11-12,14,24H,9-10,13H2,1-3H3,(H2,21,22,27). The minimum atomic E-state index is -3.60. The van der Waals surface area contributed by atoms with E-state index in [1.807, 2.05) is 24.3 Å². The lowest BCUT2D eigenvalue weighted by atomic mass is 10.2. The minimum absolute atomic E-state index is 0.135. The molecule has 166 valence electrons. The molecule has 2 amide bonds. The molecule has 31 heavy (non-hydrogen) atoms. The molecular weight excluding hydrogens is 420 g/mol. The van der Waals surface area contributed by atoms with Crippen LogP contribution in [0.15, 0.2) is 47.4 Å². The summed E-state index contributed by atoms with van der Waals surface area (Å²) in [4.78, 5) is 12.2. The number of ether oxygens (including phenoxy) is 1. The molecule has 0 atom stereocenters. The topological polar surface area (TPSA) is 127 Å². The van der Waals surface area contributed by atoms with Crippen molar-refractivity contribution in [2.75, 3.05) is 13.7 Å². The van der Waals surface area contributed by atoms with E-state index in [0.29, 0.717) is 30.7 Å². The van der Waals surface area contributed by atoms with Gasteiger partial charge in [0.1, 0.15) is 11.3 Å². The minimum Gasteiger partial charge on any atom is -0.497 e. The van der Waals surface area contributed by atoms with Crippen LogP contribution in [0.25, 0.3) is 11.0 Å². The van der Waals surface area contributed by atoms with Crippen molar-refractivity contribution in [2.45, 2.75) is 37.9 Å². The number of nitrogens with one attached hydrogen (secondary N) is 3. The normalized spacial score (nSPS) is 11.6. The molecule has 0 radical (unpaired) electrons. The number of sulfonamides is 1. The molecule has 2 aromatic carbocycles. The van der Waals surface area contributed by atoms with E-state index in [4.69, 9.17) is 4.74 Å². The van der Waals surface area contributed by atoms with E-state index in [-0.39, 0.29) is 17.0 Å². The van der Waals surface area contributed by atoms with Gasteiger partial charge in [-0.25, -0.2) is 22.6 Å². The van der Waals surface area contributed by atoms with Gasteiger partial charge in [-0.05, 0) is 49.7 Å². The van der Waals surface area contributed by atoms with Gasteiger partial charge < -0.3 is 15.4 Å². The molecule has 3 N–H and O–H groups in total. The van der Waals surface area contributed by atoms with E-state index in [9.17, 15) is 13.2 Å². The summed E-state index contributed by atoms with van der Waals surface area (Å²) in [7, 11) is -2.01. The molecule has 0 aliphatic rings. The Balaban J connectivity index is 1.54. The van der Waals surface area contributed by atoms with E-state index >= 15 is 0 Å². The summed E-state index contributed by atoms with van der Waals surface area (Å²) in [5, 5.41) is 13.6. The fourth-order valence-electron chi connectivity index (χ4n) is 2.97. The third-order valence-electron chi connectivity index (χ3n) is 4.38. The zero-order valence-corrected chi connectivity index (χ0v) is 18.4. The van der Waals surface area contributed by atoms with Crippen LogP contribution in [-0.4, -0.2) is 49.1 Å². The van der Waals surface area contributed by atoms with Crippen molar-refractivity contribution >= 4 is 27.1 Å². The molecule has 3 rings (SSSR count). The third kappa shape index (κ3) is 5.92. The second-order valence-electron chi connectivity index (χ2n) is 7.20. The van der Waals surface area contributed by atoms with Crippen LogP contribution in [0, 0.1) is 0 Å². The zero-order chi connectivity index (χ0) is 22.4. The Bertz CT molecular complexity index is 1160. The first kappa shape index (κ1) is 22.5. The molecule has 3 aromatic rings. The van der Waals surface area contributed by atoms with E-state index in [1.165, 1.54) is 12.1 Å². The Labute approximate surface area is 181 Å². The van der Waals surface area contributed by atoms with E-state index in [0.717, 1.165) is 11.3 Å². The molecule has 10 nitrogen and oxygen atoms in total. The molecule has 0 saturated heterocycles. The smallest absolute Gasteiger partial charge is 0.315 e. The Morgan fingerprint density at radius 3 is 2.71 bits per heavy atom. The summed E-state index contributed by atoms with van der Waals surface area (Å²) < 4.78 is 33.9. The van der Waals surface area contributed by atoms with Gasteiger partial charge in [0.2, 0.25) is 10.0 Å². The summed E-state index contributed by atoms with van der Waals surface area (Å²) in [5.41, 5.74) is 2.07. The van der Waals surface area contributed by atoms with Crippen LogP contribution in [0.3, 0.4) is 0 Å². The number of hydrogen-bond donors (Lipinski definition) is 3. The van der Waals surface area contributed by atoms with Crippen LogP contribution in [0.1, 0.15) is 19.4 Å². The summed E-state index contributed by atoms with van der Waals surface area (Å²) in [5.74, 6) is 0.730. The predicted octanol–water partition coefficient (Wildman–Crippen LogP) is 1.63. The molecule has 0 aliphatic heterocycles. The molecule has 0 unspecified atom stereocenters. The van der Waals surface area contributed by atoms with Crippen molar-refractivity contribution in [3.63, 3.8) is 0 Å². The van der Waals surface area contributed by atoms with Gasteiger partial charge in [-0.15, -0.1) is 5.10 Å². The first-order chi connectivity index (χ1) is 14.8. The maximum Gasteiger partial charge on any atom is 0.315 e. The van der Waals surface area contributed by atoms with Gasteiger partial charge in [0.05, 0.1) is 24.1 Å². The van der Waals surface area contributed by atoms with Crippen molar-refractivity contribution in [1.29, 1.82) is 0 Å². The van der Waals surface area contributed by atoms with Crippen LogP contribution in [0.4, 0.5) is 4.79 Å². The molecule has 0 saturated carbocycles. The van der Waals surface area contributed by atoms with Crippen LogP contribution in [0.2, 0.25) is 0 Å². The molecular formula is C20H26N6O4S. The number of carbonyl (C=O) groups excluding carboxylic acids is 1. The van der Waals surface area contributed by atoms with Crippen molar-refractivity contribution in [3.05, 3.63) is 48.0 Å². The maximum atomic E-state index is 12.3. The van der Waals surface area contributed by atoms with Crippen molar-refractivity contribution < 1.29 is 17.9 Å². The number of benzene rings is 2. The zero-order valence-electron chi connectivity index (χ0n) is 17.6. The van der Waals surface area contributed by atoms with E-state index in [2.05, 4.69) is 25.7 Å². The fraction of sp³-hybridized carbons (Fsp3) is 0.350. The fourth-order valence-corrected chi connectivity index (χ4v) is 4.24. The first-order valence-electron chi connectivity index (χ1n) is 9.78. The van der Waals surface area contributed by atoms with Crippen LogP contribution < -0.4 is 20.1 Å². The molecule has 1 aromatic heterocycles. The maximum absolute atomic E-state index is 12.3. The number of amides is 2. The monoisotopic (exact) mass is 446 g/mol. The lowest BCUT2D eigenvalue weighted by Gasteiger charge is -2.10. The number of hydrogen-bond acceptors (Lipinski definition) is 6. The first-order valence-corrected chi connectivity index (χ1v) is 11.3. The van der Waals surface area contributed by atoms with Crippen LogP contribution in [-0.2, 0) is 23.1 Å². The lowest BCUT2D eigenvalue weighted by molar-refractivity contribution is 0.240. The highest BCUT2D eigenvalue weighted by Crippen LogP contribution is 2.17. The summed E-state index contributed by atoms with van der Waals surface area (Å²) in [6.07, 6.45) is 0. The molecule has 0 aliphatic carbocycles. The van der Waals surface area contributed by atoms with Crippen LogP contribution >= 0.6 is 0 Å². The van der Waals surface area contributed by atoms with Gasteiger partial charge in [0.15, 0.2) is 0 Å². The lowest BCUT2D eigenvalue weighted by Crippen LogP contribution is -2.36. The summed E-state index contributed by atoms with van der Waals surface area (Å²) >= 11 is 0. The van der Waals surface area contributed by atoms with Crippen molar-refractivity contribution in [2.24, 2.45) is 0 Å². The third-order valence-corrected chi connectivity index (χ3v) is 6.04. The van der Waals surface area contributed by atoms with E-state index in [1.54, 1.807) is 31.7 Å². The molecule has 0 fully saturated rings. The van der Waals surface area contributed by atoms with Crippen molar-refractivity contribution in [1.82, 2.24) is 30.3 Å². The number of fused-ring (bicyclic) bond motifs is 1. The number of rotatable bonds is 9. The number of urea groups is 1. The number of methoxy groups -OCH3 is 1. The van der Waals surface area contributed by atoms with Crippen LogP contribution in [0.5, 0.6) is 5.75 Å². The Kier molecular flexibility index (Phi) is 7.08. The van der Waals surface area contributed by atoms with Gasteiger partial charge in [-0.2, -0.15) is 0 Å². The summed E-state index contributed by atoms with van der Waals surface area (Å²) in [6, 6.07) is 11.6. The average Bonchev–Trinajstić information content (AvgIpc) is 3.14. The van der Waals surface area contributed by atoms with Crippen molar-refractivity contribution in [3.8, 4) is 5.75 Å². The van der Waals surface area contributed by atoms with Gasteiger partial charge in [-0.3, -0.25) is 0 Å². The van der Waals surface area contributed by atoms with Gasteiger partial charge >= 0.3 is 6.03 Å². The summed E-state index contributed by atoms with van der Waals surface area (Å²) in [6.45, 7) is 4.60. The number of nitrogens with zero attached hydrogens (tertiary/aromatic N) is 3. The molecule has 0 spiro atoms. The highest BCUT2D eigenvalue weighted by Gasteiger charge is 2.17. The largest absolute Gasteiger partial charge is 0.497 e. The second-order valence-corrected chi connectivity index (χ2v) is 8.91. The van der Waals surface area contributed by atoms with Gasteiger partial charge in [0.25, 0.3) is 0 Å². The number of carbonyl (C=O) groups is 1. The second kappa shape index (κ2) is 9.75. The van der Waals surface area contributed by atoms with Gasteiger partial charge in [0, 0.05) is 19.1 Å².